The summed E-state index contributed by atoms with van der Waals surface area (Å²) < 4.78 is 0. The highest BCUT2D eigenvalue weighted by atomic mass is 14.3. The summed E-state index contributed by atoms with van der Waals surface area (Å²) in [5.41, 5.74) is 1.61. The lowest BCUT2D eigenvalue weighted by Gasteiger charge is -2.21. The van der Waals surface area contributed by atoms with Crippen molar-refractivity contribution in [1.29, 1.82) is 0 Å². The summed E-state index contributed by atoms with van der Waals surface area (Å²) >= 11 is 0. The van der Waals surface area contributed by atoms with Gasteiger partial charge < -0.3 is 0 Å². The molecule has 88 valence electrons. The maximum Gasteiger partial charge on any atom is -0.0228 e. The maximum atomic E-state index is 2.54. The van der Waals surface area contributed by atoms with E-state index in [1.807, 2.05) is 0 Å². The predicted octanol–water partition coefficient (Wildman–Crippen LogP) is 5.20. The molecule has 0 radical (unpaired) electrons. The van der Waals surface area contributed by atoms with Crippen molar-refractivity contribution in [2.45, 2.75) is 66.2 Å². The summed E-state index contributed by atoms with van der Waals surface area (Å²) in [5, 5.41) is 0. The van der Waals surface area contributed by atoms with Gasteiger partial charge in [0.2, 0.25) is 0 Å². The average molecular weight is 208 g/mol. The second-order valence-electron chi connectivity index (χ2n) is 5.55. The van der Waals surface area contributed by atoms with Gasteiger partial charge in [-0.25, -0.2) is 0 Å². The lowest BCUT2D eigenvalue weighted by molar-refractivity contribution is 0.340. The van der Waals surface area contributed by atoms with E-state index in [0.29, 0.717) is 0 Å². The van der Waals surface area contributed by atoms with Crippen LogP contribution >= 0.6 is 0 Å². The lowest BCUT2D eigenvalue weighted by atomic mass is 9.84. The zero-order chi connectivity index (χ0) is 11.3. The molecule has 0 aromatic carbocycles. The summed E-state index contributed by atoms with van der Waals surface area (Å²) in [6, 6.07) is 0. The predicted molar refractivity (Wildman–Crippen MR) is 69.0 cm³/mol. The molecule has 0 aliphatic heterocycles. The SMILES string of the molecule is CCCCC(C)=CC(C)C1CCCC1C. The van der Waals surface area contributed by atoms with E-state index in [1.165, 1.54) is 38.5 Å². The third-order valence-electron chi connectivity index (χ3n) is 4.08. The van der Waals surface area contributed by atoms with Gasteiger partial charge in [0.1, 0.15) is 0 Å². The van der Waals surface area contributed by atoms with Gasteiger partial charge >= 0.3 is 0 Å². The van der Waals surface area contributed by atoms with Gasteiger partial charge in [0, 0.05) is 0 Å². The largest absolute Gasteiger partial charge is 0.0825 e. The van der Waals surface area contributed by atoms with Crippen LogP contribution in [-0.2, 0) is 0 Å². The smallest absolute Gasteiger partial charge is 0.0228 e. The molecule has 1 aliphatic carbocycles. The fourth-order valence-electron chi connectivity index (χ4n) is 3.07. The molecule has 0 aromatic heterocycles. The van der Waals surface area contributed by atoms with Crippen molar-refractivity contribution in [2.75, 3.05) is 0 Å². The van der Waals surface area contributed by atoms with Crippen LogP contribution in [0.25, 0.3) is 0 Å². The van der Waals surface area contributed by atoms with Gasteiger partial charge in [0.05, 0.1) is 0 Å². The first-order chi connectivity index (χ1) is 7.15. The minimum absolute atomic E-state index is 0.805. The number of hydrogen-bond acceptors (Lipinski definition) is 0. The quantitative estimate of drug-likeness (QED) is 0.545. The molecule has 1 rings (SSSR count). The van der Waals surface area contributed by atoms with Crippen LogP contribution in [0, 0.1) is 17.8 Å². The minimum Gasteiger partial charge on any atom is -0.0825 e. The molecule has 0 aromatic rings. The summed E-state index contributed by atoms with van der Waals surface area (Å²) in [5.74, 6) is 2.72. The highest BCUT2D eigenvalue weighted by Crippen LogP contribution is 2.37. The number of allylic oxidation sites excluding steroid dienone is 2. The van der Waals surface area contributed by atoms with E-state index in [4.69, 9.17) is 0 Å². The molecule has 0 saturated heterocycles. The van der Waals surface area contributed by atoms with E-state index in [0.717, 1.165) is 17.8 Å². The summed E-state index contributed by atoms with van der Waals surface area (Å²) in [6.45, 7) is 9.44. The average Bonchev–Trinajstić information content (AvgIpc) is 2.61. The molecule has 1 saturated carbocycles. The Labute approximate surface area is 96.2 Å². The van der Waals surface area contributed by atoms with Gasteiger partial charge in [0.15, 0.2) is 0 Å². The van der Waals surface area contributed by atoms with Crippen LogP contribution in [0.5, 0.6) is 0 Å². The van der Waals surface area contributed by atoms with Crippen molar-refractivity contribution in [1.82, 2.24) is 0 Å². The molecule has 1 fully saturated rings. The van der Waals surface area contributed by atoms with Crippen molar-refractivity contribution in [3.8, 4) is 0 Å². The fraction of sp³-hybridized carbons (Fsp3) is 0.867. The normalized spacial score (nSPS) is 29.5. The topological polar surface area (TPSA) is 0 Å². The van der Waals surface area contributed by atoms with Crippen LogP contribution in [0.2, 0.25) is 0 Å². The second kappa shape index (κ2) is 6.35. The number of unbranched alkanes of at least 4 members (excludes halogenated alkanes) is 1. The number of rotatable bonds is 5. The monoisotopic (exact) mass is 208 g/mol. The highest BCUT2D eigenvalue weighted by Gasteiger charge is 2.26. The molecule has 0 amide bonds. The van der Waals surface area contributed by atoms with E-state index < -0.39 is 0 Å². The Morgan fingerprint density at radius 3 is 2.67 bits per heavy atom. The molecule has 0 spiro atoms. The minimum atomic E-state index is 0.805. The zero-order valence-electron chi connectivity index (χ0n) is 11.1. The molecule has 3 unspecified atom stereocenters. The second-order valence-corrected chi connectivity index (χ2v) is 5.55. The Hall–Kier alpha value is -0.260. The Balaban J connectivity index is 2.42. The highest BCUT2D eigenvalue weighted by molar-refractivity contribution is 5.02. The first-order valence-electron chi connectivity index (χ1n) is 6.82. The lowest BCUT2D eigenvalue weighted by Crippen LogP contribution is -2.12. The van der Waals surface area contributed by atoms with E-state index in [-0.39, 0.29) is 0 Å². The van der Waals surface area contributed by atoms with Crippen LogP contribution in [0.15, 0.2) is 11.6 Å². The first kappa shape index (κ1) is 12.8. The third-order valence-corrected chi connectivity index (χ3v) is 4.08. The van der Waals surface area contributed by atoms with Gasteiger partial charge in [-0.1, -0.05) is 51.7 Å². The van der Waals surface area contributed by atoms with E-state index in [9.17, 15) is 0 Å². The van der Waals surface area contributed by atoms with Crippen molar-refractivity contribution >= 4 is 0 Å². The van der Waals surface area contributed by atoms with E-state index >= 15 is 0 Å². The Kier molecular flexibility index (Phi) is 5.42. The zero-order valence-corrected chi connectivity index (χ0v) is 11.1. The molecular formula is C15H28. The summed E-state index contributed by atoms with van der Waals surface area (Å²) in [4.78, 5) is 0. The van der Waals surface area contributed by atoms with Gasteiger partial charge in [-0.15, -0.1) is 0 Å². The Morgan fingerprint density at radius 2 is 2.13 bits per heavy atom. The fourth-order valence-corrected chi connectivity index (χ4v) is 3.07. The molecule has 15 heavy (non-hydrogen) atoms. The molecule has 0 nitrogen and oxygen atoms in total. The van der Waals surface area contributed by atoms with Crippen LogP contribution in [0.1, 0.15) is 66.2 Å². The molecule has 3 atom stereocenters. The van der Waals surface area contributed by atoms with Gasteiger partial charge in [-0.2, -0.15) is 0 Å². The number of hydrogen-bond donors (Lipinski definition) is 0. The molecule has 0 heteroatoms. The molecule has 0 N–H and O–H groups in total. The van der Waals surface area contributed by atoms with Gasteiger partial charge in [-0.3, -0.25) is 0 Å². The van der Waals surface area contributed by atoms with E-state index in [1.54, 1.807) is 5.57 Å². The van der Waals surface area contributed by atoms with Crippen LogP contribution < -0.4 is 0 Å². The molecular weight excluding hydrogens is 180 g/mol. The summed E-state index contributed by atoms with van der Waals surface area (Å²) in [6.07, 6.45) is 10.9. The van der Waals surface area contributed by atoms with Crippen molar-refractivity contribution < 1.29 is 0 Å². The van der Waals surface area contributed by atoms with Crippen LogP contribution in [0.4, 0.5) is 0 Å². The third kappa shape index (κ3) is 4.01. The maximum absolute atomic E-state index is 2.54. The van der Waals surface area contributed by atoms with Crippen LogP contribution in [-0.4, -0.2) is 0 Å². The Bertz CT molecular complexity index is 202. The van der Waals surface area contributed by atoms with E-state index in [2.05, 4.69) is 33.8 Å². The van der Waals surface area contributed by atoms with Gasteiger partial charge in [-0.05, 0) is 43.9 Å². The molecule has 1 aliphatic rings. The standard InChI is InChI=1S/C15H28/c1-5-6-8-12(2)11-14(4)15-10-7-9-13(15)3/h11,13-15H,5-10H2,1-4H3. The Morgan fingerprint density at radius 1 is 1.40 bits per heavy atom. The molecule has 0 bridgehead atoms. The van der Waals surface area contributed by atoms with Crippen molar-refractivity contribution in [3.63, 3.8) is 0 Å². The summed E-state index contributed by atoms with van der Waals surface area (Å²) in [7, 11) is 0. The van der Waals surface area contributed by atoms with Crippen molar-refractivity contribution in [2.24, 2.45) is 17.8 Å². The van der Waals surface area contributed by atoms with Crippen molar-refractivity contribution in [3.05, 3.63) is 11.6 Å². The molecule has 0 heterocycles. The van der Waals surface area contributed by atoms with Gasteiger partial charge in [0.25, 0.3) is 0 Å². The van der Waals surface area contributed by atoms with Crippen LogP contribution in [0.3, 0.4) is 0 Å². The first-order valence-corrected chi connectivity index (χ1v) is 6.82.